The average Bonchev–Trinajstić information content (AvgIpc) is 3.06. The third-order valence-electron chi connectivity index (χ3n) is 5.24. The van der Waals surface area contributed by atoms with E-state index in [1.165, 1.54) is 0 Å². The number of ether oxygens (including phenoxy) is 2. The molecule has 7 unspecified atom stereocenters. The van der Waals surface area contributed by atoms with Gasteiger partial charge in [-0.1, -0.05) is 0 Å². The molecule has 3 rings (SSSR count). The summed E-state index contributed by atoms with van der Waals surface area (Å²) in [5.41, 5.74) is 3.82. The van der Waals surface area contributed by atoms with Crippen molar-refractivity contribution >= 4 is 15.6 Å². The van der Waals surface area contributed by atoms with Crippen LogP contribution in [0.15, 0.2) is 21.9 Å². The lowest BCUT2D eigenvalue weighted by atomic mass is 9.98. The molecule has 2 aliphatic heterocycles. The third kappa shape index (κ3) is 6.54. The van der Waals surface area contributed by atoms with Gasteiger partial charge in [-0.2, -0.15) is 4.31 Å². The molecule has 36 heavy (non-hydrogen) atoms. The standard InChI is InChI=1S/C15H25N3O16P2/c16-8-11(23)9(21)5(3-19)32-14(8)33-36(28,29)34-35(26,27)30-4-6-10(22)12(24)13(31-6)18-2-1-7(20)17-15(18)25/h1-2,5-6,8-14,19,21-24H,3-4,16H2,(H,26,27)(H,28,29)(H,17,20,25)/t5?,6?,8?,9-,10+,11?,12+,13?,14+/m0/s1. The van der Waals surface area contributed by atoms with Crippen LogP contribution in [0.4, 0.5) is 0 Å². The maximum absolute atomic E-state index is 12.2. The van der Waals surface area contributed by atoms with Crippen LogP contribution >= 0.6 is 15.6 Å². The minimum Gasteiger partial charge on any atom is -0.394 e. The van der Waals surface area contributed by atoms with Gasteiger partial charge in [-0.3, -0.25) is 23.4 Å². The second kappa shape index (κ2) is 11.2. The lowest BCUT2D eigenvalue weighted by Gasteiger charge is -2.40. The van der Waals surface area contributed by atoms with E-state index >= 15 is 0 Å². The summed E-state index contributed by atoms with van der Waals surface area (Å²) < 4.78 is 48.5. The number of phosphoric acid groups is 2. The topological polar surface area (TPSA) is 303 Å². The molecule has 2 aliphatic rings. The summed E-state index contributed by atoms with van der Waals surface area (Å²) in [5.74, 6) is 0. The molecule has 0 saturated carbocycles. The van der Waals surface area contributed by atoms with Gasteiger partial charge in [0.15, 0.2) is 12.5 Å². The Bertz CT molecular complexity index is 1130. The number of nitrogens with one attached hydrogen (secondary N) is 1. The summed E-state index contributed by atoms with van der Waals surface area (Å²) in [6.45, 7) is -1.84. The van der Waals surface area contributed by atoms with Crippen molar-refractivity contribution in [3.05, 3.63) is 33.1 Å². The molecule has 0 amide bonds. The van der Waals surface area contributed by atoms with Gasteiger partial charge < -0.3 is 50.5 Å². The molecule has 0 aliphatic carbocycles. The lowest BCUT2D eigenvalue weighted by Crippen LogP contribution is -2.62. The molecule has 0 spiro atoms. The number of hydrogen-bond donors (Lipinski definition) is 9. The number of nitrogens with two attached hydrogens (primary N) is 1. The van der Waals surface area contributed by atoms with E-state index in [1.54, 1.807) is 0 Å². The van der Waals surface area contributed by atoms with E-state index in [1.807, 2.05) is 4.98 Å². The number of aromatic nitrogens is 2. The maximum atomic E-state index is 12.2. The molecule has 2 saturated heterocycles. The van der Waals surface area contributed by atoms with Gasteiger partial charge in [0, 0.05) is 12.3 Å². The fourth-order valence-corrected chi connectivity index (χ4v) is 5.57. The molecule has 19 nitrogen and oxygen atoms in total. The van der Waals surface area contributed by atoms with Gasteiger partial charge in [-0.25, -0.2) is 13.9 Å². The molecule has 0 radical (unpaired) electrons. The highest BCUT2D eigenvalue weighted by molar-refractivity contribution is 7.61. The van der Waals surface area contributed by atoms with Crippen molar-refractivity contribution in [2.75, 3.05) is 13.2 Å². The molecule has 206 valence electrons. The Hall–Kier alpha value is -1.38. The van der Waals surface area contributed by atoms with Crippen molar-refractivity contribution in [2.24, 2.45) is 5.73 Å². The molecule has 1 aromatic rings. The largest absolute Gasteiger partial charge is 0.483 e. The molecular formula is C15H25N3O16P2. The normalized spacial score (nSPS) is 38.4. The lowest BCUT2D eigenvalue weighted by molar-refractivity contribution is -0.242. The van der Waals surface area contributed by atoms with Crippen LogP contribution in [0.5, 0.6) is 0 Å². The maximum Gasteiger partial charge on any atom is 0.483 e. The van der Waals surface area contributed by atoms with Gasteiger partial charge in [-0.05, 0) is 0 Å². The molecule has 1 aromatic heterocycles. The monoisotopic (exact) mass is 565 g/mol. The quantitative estimate of drug-likeness (QED) is 0.127. The van der Waals surface area contributed by atoms with Gasteiger partial charge in [-0.15, -0.1) is 0 Å². The zero-order valence-electron chi connectivity index (χ0n) is 18.0. The highest BCUT2D eigenvalue weighted by Crippen LogP contribution is 2.61. The molecular weight excluding hydrogens is 540 g/mol. The molecule has 0 aromatic carbocycles. The number of phosphoric ester groups is 2. The summed E-state index contributed by atoms with van der Waals surface area (Å²) in [6.07, 6.45) is -12.5. The average molecular weight is 565 g/mol. The number of aromatic amines is 1. The summed E-state index contributed by atoms with van der Waals surface area (Å²) >= 11 is 0. The molecule has 11 atom stereocenters. The van der Waals surface area contributed by atoms with Gasteiger partial charge in [0.1, 0.15) is 36.6 Å². The SMILES string of the molecule is NC1C(O)[C@@H](O)C(CO)O[C@@H]1OP(=O)(O)OP(=O)(O)OCC1OC(n2ccc(=O)[nH]c2=O)[C@H](O)[C@@H]1O. The predicted octanol–water partition coefficient (Wildman–Crippen LogP) is -4.83. The summed E-state index contributed by atoms with van der Waals surface area (Å²) in [5, 5.41) is 49.0. The molecule has 2 fully saturated rings. The first kappa shape index (κ1) is 29.2. The number of aliphatic hydroxyl groups is 5. The van der Waals surface area contributed by atoms with Gasteiger partial charge in [0.2, 0.25) is 0 Å². The Morgan fingerprint density at radius 2 is 1.64 bits per heavy atom. The predicted molar refractivity (Wildman–Crippen MR) is 111 cm³/mol. The Morgan fingerprint density at radius 3 is 2.25 bits per heavy atom. The van der Waals surface area contributed by atoms with E-state index in [2.05, 4.69) is 13.4 Å². The van der Waals surface area contributed by atoms with Crippen LogP contribution in [-0.2, 0) is 32.0 Å². The minimum absolute atomic E-state index is 0.735. The van der Waals surface area contributed by atoms with E-state index in [0.717, 1.165) is 16.8 Å². The summed E-state index contributed by atoms with van der Waals surface area (Å²) in [6, 6.07) is -0.699. The van der Waals surface area contributed by atoms with Crippen LogP contribution in [0.25, 0.3) is 0 Å². The zero-order valence-corrected chi connectivity index (χ0v) is 19.8. The van der Waals surface area contributed by atoms with Crippen molar-refractivity contribution < 1.29 is 67.3 Å². The second-order valence-electron chi connectivity index (χ2n) is 7.77. The number of aliphatic hydroxyl groups excluding tert-OH is 5. The highest BCUT2D eigenvalue weighted by atomic mass is 31.3. The van der Waals surface area contributed by atoms with Crippen molar-refractivity contribution in [3.63, 3.8) is 0 Å². The van der Waals surface area contributed by atoms with Crippen LogP contribution in [0.1, 0.15) is 6.23 Å². The van der Waals surface area contributed by atoms with E-state index in [9.17, 15) is 48.9 Å². The smallest absolute Gasteiger partial charge is 0.394 e. The summed E-state index contributed by atoms with van der Waals surface area (Å²) in [4.78, 5) is 44.6. The molecule has 3 heterocycles. The number of hydrogen-bond acceptors (Lipinski definition) is 15. The molecule has 21 heteroatoms. The highest BCUT2D eigenvalue weighted by Gasteiger charge is 2.49. The zero-order chi connectivity index (χ0) is 27.0. The Kier molecular flexibility index (Phi) is 9.05. The first-order valence-electron chi connectivity index (χ1n) is 10.1. The molecule has 10 N–H and O–H groups in total. The van der Waals surface area contributed by atoms with E-state index in [-0.39, 0.29) is 0 Å². The number of nitrogens with zero attached hydrogens (tertiary/aromatic N) is 1. The van der Waals surface area contributed by atoms with Crippen molar-refractivity contribution in [3.8, 4) is 0 Å². The van der Waals surface area contributed by atoms with E-state index in [4.69, 9.17) is 20.3 Å². The van der Waals surface area contributed by atoms with Gasteiger partial charge in [0.05, 0.1) is 19.3 Å². The van der Waals surface area contributed by atoms with Crippen LogP contribution in [0, 0.1) is 0 Å². The van der Waals surface area contributed by atoms with Crippen molar-refractivity contribution in [1.82, 2.24) is 9.55 Å². The van der Waals surface area contributed by atoms with Crippen LogP contribution < -0.4 is 17.0 Å². The van der Waals surface area contributed by atoms with E-state index < -0.39 is 95.3 Å². The first-order chi connectivity index (χ1) is 16.7. The summed E-state index contributed by atoms with van der Waals surface area (Å²) in [7, 11) is -11.0. The Balaban J connectivity index is 1.61. The van der Waals surface area contributed by atoms with Crippen LogP contribution in [0.2, 0.25) is 0 Å². The van der Waals surface area contributed by atoms with Crippen LogP contribution in [-0.4, -0.2) is 107 Å². The first-order valence-corrected chi connectivity index (χ1v) is 13.1. The van der Waals surface area contributed by atoms with Crippen molar-refractivity contribution in [1.29, 1.82) is 0 Å². The fourth-order valence-electron chi connectivity index (χ4n) is 3.39. The minimum atomic E-state index is -5.51. The Morgan fingerprint density at radius 1 is 1.00 bits per heavy atom. The Labute approximate surface area is 200 Å². The van der Waals surface area contributed by atoms with Gasteiger partial charge in [0.25, 0.3) is 5.56 Å². The molecule has 0 bridgehead atoms. The fraction of sp³-hybridized carbons (Fsp3) is 0.733. The third-order valence-corrected chi connectivity index (χ3v) is 7.84. The van der Waals surface area contributed by atoms with Gasteiger partial charge >= 0.3 is 21.3 Å². The van der Waals surface area contributed by atoms with Crippen molar-refractivity contribution in [2.45, 2.75) is 55.2 Å². The second-order valence-corrected chi connectivity index (χ2v) is 10.8. The van der Waals surface area contributed by atoms with E-state index in [0.29, 0.717) is 0 Å². The number of rotatable bonds is 9. The number of H-pyrrole nitrogens is 1. The van der Waals surface area contributed by atoms with Crippen LogP contribution in [0.3, 0.4) is 0 Å².